The molecule has 0 spiro atoms. The molecule has 0 fully saturated rings. The summed E-state index contributed by atoms with van der Waals surface area (Å²) >= 11 is 0. The topological polar surface area (TPSA) is 41.6 Å². The molecular weight excluding hydrogens is 174 g/mol. The van der Waals surface area contributed by atoms with Crippen LogP contribution >= 0.6 is 0 Å². The lowest BCUT2D eigenvalue weighted by Crippen LogP contribution is -2.24. The maximum Gasteiger partial charge on any atom is 0.100 e. The van der Waals surface area contributed by atoms with E-state index in [2.05, 4.69) is 22.0 Å². The summed E-state index contributed by atoms with van der Waals surface area (Å²) in [6.45, 7) is 4.53. The lowest BCUT2D eigenvalue weighted by Gasteiger charge is -2.18. The van der Waals surface area contributed by atoms with Crippen molar-refractivity contribution in [1.29, 1.82) is 0 Å². The number of nitrogens with zero attached hydrogens (tertiary/aromatic N) is 2. The van der Waals surface area contributed by atoms with Gasteiger partial charge in [0.15, 0.2) is 0 Å². The fraction of sp³-hybridized carbons (Fsp3) is 0.364. The predicted molar refractivity (Wildman–Crippen MR) is 59.7 cm³/mol. The van der Waals surface area contributed by atoms with Crippen molar-refractivity contribution in [2.45, 2.75) is 13.5 Å². The number of amidine groups is 1. The fourth-order valence-corrected chi connectivity index (χ4v) is 1.73. The Kier molecular flexibility index (Phi) is 2.50. The van der Waals surface area contributed by atoms with Gasteiger partial charge in [-0.25, -0.2) is 0 Å². The monoisotopic (exact) mass is 189 g/mol. The van der Waals surface area contributed by atoms with Gasteiger partial charge >= 0.3 is 0 Å². The summed E-state index contributed by atoms with van der Waals surface area (Å²) in [4.78, 5) is 6.58. The first-order valence-corrected chi connectivity index (χ1v) is 4.89. The van der Waals surface area contributed by atoms with Crippen molar-refractivity contribution in [2.75, 3.05) is 18.0 Å². The lowest BCUT2D eigenvalue weighted by atomic mass is 10.2. The van der Waals surface area contributed by atoms with Crippen molar-refractivity contribution in [3.05, 3.63) is 29.8 Å². The molecule has 0 aliphatic carbocycles. The number of aliphatic imine (C=N–C) groups is 1. The van der Waals surface area contributed by atoms with Gasteiger partial charge in [0.05, 0.1) is 6.54 Å². The summed E-state index contributed by atoms with van der Waals surface area (Å²) in [5.74, 6) is 1.10. The molecule has 1 aromatic carbocycles. The van der Waals surface area contributed by atoms with Gasteiger partial charge in [0.2, 0.25) is 0 Å². The Hall–Kier alpha value is -1.35. The van der Waals surface area contributed by atoms with Crippen LogP contribution in [0.2, 0.25) is 0 Å². The summed E-state index contributed by atoms with van der Waals surface area (Å²) in [6, 6.07) is 8.32. The van der Waals surface area contributed by atoms with E-state index in [1.807, 2.05) is 19.1 Å². The fourth-order valence-electron chi connectivity index (χ4n) is 1.73. The van der Waals surface area contributed by atoms with Crippen LogP contribution in [0.4, 0.5) is 5.69 Å². The van der Waals surface area contributed by atoms with Crippen LogP contribution in [0.25, 0.3) is 0 Å². The van der Waals surface area contributed by atoms with E-state index < -0.39 is 0 Å². The van der Waals surface area contributed by atoms with Gasteiger partial charge < -0.3 is 10.6 Å². The first-order valence-electron chi connectivity index (χ1n) is 4.89. The summed E-state index contributed by atoms with van der Waals surface area (Å²) in [5, 5.41) is 0. The molecule has 1 heterocycles. The van der Waals surface area contributed by atoms with Crippen LogP contribution in [0.15, 0.2) is 29.3 Å². The molecule has 1 aromatic rings. The van der Waals surface area contributed by atoms with Crippen LogP contribution in [0.1, 0.15) is 12.5 Å². The van der Waals surface area contributed by atoms with E-state index in [9.17, 15) is 0 Å². The minimum absolute atomic E-state index is 0.595. The normalized spacial score (nSPS) is 15.9. The van der Waals surface area contributed by atoms with Gasteiger partial charge in [0, 0.05) is 18.8 Å². The Bertz CT molecular complexity index is 357. The SMILES string of the molecule is CC1=NCCN1c1cccc(CN)c1. The molecule has 0 atom stereocenters. The molecule has 74 valence electrons. The highest BCUT2D eigenvalue weighted by Crippen LogP contribution is 2.18. The second kappa shape index (κ2) is 3.80. The molecule has 0 unspecified atom stereocenters. The Morgan fingerprint density at radius 2 is 2.36 bits per heavy atom. The smallest absolute Gasteiger partial charge is 0.100 e. The molecule has 1 aliphatic rings. The van der Waals surface area contributed by atoms with E-state index >= 15 is 0 Å². The number of hydrogen-bond acceptors (Lipinski definition) is 3. The molecule has 0 saturated carbocycles. The van der Waals surface area contributed by atoms with Crippen LogP contribution in [-0.4, -0.2) is 18.9 Å². The summed E-state index contributed by atoms with van der Waals surface area (Å²) < 4.78 is 0. The van der Waals surface area contributed by atoms with Crippen LogP contribution in [0, 0.1) is 0 Å². The molecular formula is C11H15N3. The first-order chi connectivity index (χ1) is 6.81. The highest BCUT2D eigenvalue weighted by atomic mass is 15.2. The number of anilines is 1. The van der Waals surface area contributed by atoms with E-state index in [1.165, 1.54) is 11.3 Å². The second-order valence-electron chi connectivity index (χ2n) is 3.45. The van der Waals surface area contributed by atoms with Crippen molar-refractivity contribution < 1.29 is 0 Å². The molecule has 2 N–H and O–H groups in total. The van der Waals surface area contributed by atoms with Crippen LogP contribution in [0.5, 0.6) is 0 Å². The molecule has 0 aromatic heterocycles. The summed E-state index contributed by atoms with van der Waals surface area (Å²) in [6.07, 6.45) is 0. The minimum atomic E-state index is 0.595. The van der Waals surface area contributed by atoms with Gasteiger partial charge in [-0.1, -0.05) is 12.1 Å². The maximum absolute atomic E-state index is 5.60. The van der Waals surface area contributed by atoms with Crippen LogP contribution in [-0.2, 0) is 6.54 Å². The molecule has 2 rings (SSSR count). The van der Waals surface area contributed by atoms with Gasteiger partial charge in [0.25, 0.3) is 0 Å². The molecule has 0 amide bonds. The Balaban J connectivity index is 2.27. The van der Waals surface area contributed by atoms with Crippen molar-refractivity contribution in [3.63, 3.8) is 0 Å². The Labute approximate surface area is 84.2 Å². The third kappa shape index (κ3) is 1.63. The molecule has 14 heavy (non-hydrogen) atoms. The van der Waals surface area contributed by atoms with E-state index in [0.29, 0.717) is 6.54 Å². The standard InChI is InChI=1S/C11H15N3/c1-9-13-5-6-14(9)11-4-2-3-10(7-11)8-12/h2-4,7H,5-6,8,12H2,1H3. The molecule has 0 radical (unpaired) electrons. The molecule has 1 aliphatic heterocycles. The van der Waals surface area contributed by atoms with E-state index in [0.717, 1.165) is 18.9 Å². The number of rotatable bonds is 2. The third-order valence-corrected chi connectivity index (χ3v) is 2.51. The number of nitrogens with two attached hydrogens (primary N) is 1. The zero-order valence-electron chi connectivity index (χ0n) is 8.40. The predicted octanol–water partition coefficient (Wildman–Crippen LogP) is 1.38. The average Bonchev–Trinajstić information content (AvgIpc) is 2.65. The number of benzene rings is 1. The largest absolute Gasteiger partial charge is 0.329 e. The Morgan fingerprint density at radius 1 is 1.50 bits per heavy atom. The molecule has 3 nitrogen and oxygen atoms in total. The van der Waals surface area contributed by atoms with E-state index in [-0.39, 0.29) is 0 Å². The number of hydrogen-bond donors (Lipinski definition) is 1. The van der Waals surface area contributed by atoms with Crippen LogP contribution in [0.3, 0.4) is 0 Å². The lowest BCUT2D eigenvalue weighted by molar-refractivity contribution is 1.01. The second-order valence-corrected chi connectivity index (χ2v) is 3.45. The van der Waals surface area contributed by atoms with Gasteiger partial charge in [-0.2, -0.15) is 0 Å². The van der Waals surface area contributed by atoms with E-state index in [1.54, 1.807) is 0 Å². The minimum Gasteiger partial charge on any atom is -0.329 e. The van der Waals surface area contributed by atoms with Crippen molar-refractivity contribution >= 4 is 11.5 Å². The van der Waals surface area contributed by atoms with Gasteiger partial charge in [0.1, 0.15) is 5.84 Å². The van der Waals surface area contributed by atoms with E-state index in [4.69, 9.17) is 5.73 Å². The first kappa shape index (κ1) is 9.21. The summed E-state index contributed by atoms with van der Waals surface area (Å²) in [5.41, 5.74) is 7.97. The Morgan fingerprint density at radius 3 is 3.00 bits per heavy atom. The highest BCUT2D eigenvalue weighted by Gasteiger charge is 2.13. The van der Waals surface area contributed by atoms with Gasteiger partial charge in [-0.05, 0) is 24.6 Å². The van der Waals surface area contributed by atoms with Crippen molar-refractivity contribution in [1.82, 2.24) is 0 Å². The summed E-state index contributed by atoms with van der Waals surface area (Å²) in [7, 11) is 0. The van der Waals surface area contributed by atoms with Crippen LogP contribution < -0.4 is 10.6 Å². The molecule has 0 bridgehead atoms. The van der Waals surface area contributed by atoms with Gasteiger partial charge in [-0.3, -0.25) is 4.99 Å². The molecule has 0 saturated heterocycles. The quantitative estimate of drug-likeness (QED) is 0.763. The highest BCUT2D eigenvalue weighted by molar-refractivity contribution is 5.97. The van der Waals surface area contributed by atoms with Crippen molar-refractivity contribution in [2.24, 2.45) is 10.7 Å². The zero-order valence-corrected chi connectivity index (χ0v) is 8.40. The van der Waals surface area contributed by atoms with Crippen molar-refractivity contribution in [3.8, 4) is 0 Å². The zero-order chi connectivity index (χ0) is 9.97. The average molecular weight is 189 g/mol. The molecule has 3 heteroatoms. The third-order valence-electron chi connectivity index (χ3n) is 2.51. The maximum atomic E-state index is 5.60. The van der Waals surface area contributed by atoms with Gasteiger partial charge in [-0.15, -0.1) is 0 Å².